The van der Waals surface area contributed by atoms with Gasteiger partial charge in [-0.05, 0) is 45.8 Å². The highest BCUT2D eigenvalue weighted by atomic mass is 19.1. The van der Waals surface area contributed by atoms with Gasteiger partial charge in [0.2, 0.25) is 11.7 Å². The number of likely N-dealkylation sites (N-methyl/N-ethyl adjacent to an activating group) is 1. The highest BCUT2D eigenvalue weighted by Crippen LogP contribution is 2.53. The summed E-state index contributed by atoms with van der Waals surface area (Å²) in [6, 6.07) is -0.244. The number of allylic oxidation sites excluding steroid dienone is 1. The third kappa shape index (κ3) is 4.43. The van der Waals surface area contributed by atoms with E-state index in [1.807, 2.05) is 6.92 Å². The molecule has 216 valence electrons. The summed E-state index contributed by atoms with van der Waals surface area (Å²) in [6.45, 7) is 2.44. The number of carbonyl (C=O) groups is 4. The minimum absolute atomic E-state index is 0.119. The van der Waals surface area contributed by atoms with Crippen LogP contribution in [0.3, 0.4) is 0 Å². The number of hydrogen-bond acceptors (Lipinski definition) is 10. The normalized spacial score (nSPS) is 26.0. The van der Waals surface area contributed by atoms with Gasteiger partial charge in [-0.15, -0.1) is 0 Å². The van der Waals surface area contributed by atoms with Crippen LogP contribution < -0.4 is 16.4 Å². The number of nitrogens with two attached hydrogens (primary N) is 1. The molecule has 0 fully saturated rings. The number of rotatable bonds is 8. The maximum absolute atomic E-state index is 15.3. The van der Waals surface area contributed by atoms with Gasteiger partial charge in [-0.25, -0.2) is 4.39 Å². The zero-order chi connectivity index (χ0) is 29.7. The van der Waals surface area contributed by atoms with Crippen molar-refractivity contribution in [3.63, 3.8) is 0 Å². The fourth-order valence-electron chi connectivity index (χ4n) is 6.07. The number of aliphatic hydroxyl groups is 3. The number of amides is 2. The molecule has 1 aromatic rings. The Morgan fingerprint density at radius 1 is 1.23 bits per heavy atom. The third-order valence-corrected chi connectivity index (χ3v) is 7.93. The Labute approximate surface area is 229 Å². The molecule has 0 heterocycles. The van der Waals surface area contributed by atoms with Crippen molar-refractivity contribution in [3.8, 4) is 5.75 Å². The van der Waals surface area contributed by atoms with Crippen LogP contribution in [0, 0.1) is 17.7 Å². The monoisotopic (exact) mass is 560 g/mol. The Bertz CT molecular complexity index is 1370. The molecule has 0 unspecified atom stereocenters. The molecular formula is C27H33FN4O8. The van der Waals surface area contributed by atoms with Crippen LogP contribution in [0.1, 0.15) is 42.1 Å². The quantitative estimate of drug-likeness (QED) is 0.134. The van der Waals surface area contributed by atoms with Crippen LogP contribution in [-0.4, -0.2) is 87.5 Å². The van der Waals surface area contributed by atoms with Gasteiger partial charge in [-0.3, -0.25) is 24.1 Å². The first-order valence-electron chi connectivity index (χ1n) is 13.0. The maximum Gasteiger partial charge on any atom is 0.255 e. The summed E-state index contributed by atoms with van der Waals surface area (Å²) in [7, 11) is 3.03. The van der Waals surface area contributed by atoms with E-state index in [2.05, 4.69) is 10.6 Å². The number of carbonyl (C=O) groups excluding carboxylic acids is 4. The molecule has 0 aromatic heterocycles. The lowest BCUT2D eigenvalue weighted by Crippen LogP contribution is -2.63. The number of nitrogens with zero attached hydrogens (tertiary/aromatic N) is 1. The van der Waals surface area contributed by atoms with Crippen LogP contribution in [0.2, 0.25) is 0 Å². The minimum atomic E-state index is -2.80. The van der Waals surface area contributed by atoms with Gasteiger partial charge < -0.3 is 36.8 Å². The molecule has 4 atom stereocenters. The number of fused-ring (bicyclic) bond motifs is 3. The zero-order valence-corrected chi connectivity index (χ0v) is 22.4. The molecule has 2 amide bonds. The Balaban J connectivity index is 1.79. The molecule has 0 saturated carbocycles. The molecule has 0 aliphatic heterocycles. The van der Waals surface area contributed by atoms with E-state index in [9.17, 15) is 39.6 Å². The summed E-state index contributed by atoms with van der Waals surface area (Å²) in [4.78, 5) is 52.8. The van der Waals surface area contributed by atoms with Gasteiger partial charge in [0.05, 0.1) is 23.8 Å². The van der Waals surface area contributed by atoms with E-state index in [-0.39, 0.29) is 30.6 Å². The Morgan fingerprint density at radius 3 is 2.50 bits per heavy atom. The average molecular weight is 561 g/mol. The molecular weight excluding hydrogens is 527 g/mol. The Morgan fingerprint density at radius 2 is 1.90 bits per heavy atom. The molecule has 0 spiro atoms. The van der Waals surface area contributed by atoms with Crippen LogP contribution in [0.15, 0.2) is 28.7 Å². The minimum Gasteiger partial charge on any atom is -0.510 e. The van der Waals surface area contributed by atoms with Crippen LogP contribution in [0.5, 0.6) is 5.75 Å². The Hall–Kier alpha value is -3.81. The molecule has 0 radical (unpaired) electrons. The number of unbranched alkanes of at least 4 members (excludes halogenated alkanes) is 1. The van der Waals surface area contributed by atoms with Crippen molar-refractivity contribution in [2.45, 2.75) is 44.2 Å². The molecule has 3 aliphatic carbocycles. The highest BCUT2D eigenvalue weighted by Gasteiger charge is 2.63. The van der Waals surface area contributed by atoms with Crippen LogP contribution in [0.25, 0.3) is 0 Å². The van der Waals surface area contributed by atoms with Crippen molar-refractivity contribution in [1.82, 2.24) is 10.2 Å². The van der Waals surface area contributed by atoms with Gasteiger partial charge >= 0.3 is 0 Å². The van der Waals surface area contributed by atoms with E-state index in [1.54, 1.807) is 0 Å². The molecule has 3 aliphatic rings. The summed E-state index contributed by atoms with van der Waals surface area (Å²) in [5, 5.41) is 49.8. The molecule has 12 nitrogen and oxygen atoms in total. The lowest BCUT2D eigenvalue weighted by Gasteiger charge is -2.50. The zero-order valence-electron chi connectivity index (χ0n) is 22.4. The van der Waals surface area contributed by atoms with Gasteiger partial charge in [-0.1, -0.05) is 13.3 Å². The van der Waals surface area contributed by atoms with Crippen molar-refractivity contribution < 1.29 is 44.0 Å². The van der Waals surface area contributed by atoms with Crippen molar-refractivity contribution in [2.75, 3.05) is 32.5 Å². The fourth-order valence-corrected chi connectivity index (χ4v) is 6.07. The van der Waals surface area contributed by atoms with Crippen molar-refractivity contribution in [2.24, 2.45) is 17.6 Å². The van der Waals surface area contributed by atoms with E-state index in [0.717, 1.165) is 18.9 Å². The number of aromatic hydroxyl groups is 1. The van der Waals surface area contributed by atoms with E-state index < -0.39 is 86.7 Å². The van der Waals surface area contributed by atoms with Crippen LogP contribution in [0.4, 0.5) is 10.1 Å². The number of phenols is 1. The second-order valence-electron chi connectivity index (χ2n) is 10.6. The summed E-state index contributed by atoms with van der Waals surface area (Å²) >= 11 is 0. The number of primary amides is 1. The SMILES string of the molecule is CCCCNCC(=O)Nc1cc(F)c2c(c1O)C(=O)C1=C(O)[C@]3(O)C(=O)C(C(N)=O)=C(O)[C@@H](N(C)C)[C@@H]3C[C@@H]1C2. The number of halogens is 1. The number of phenolic OH excluding ortho intramolecular Hbond substituents is 1. The largest absolute Gasteiger partial charge is 0.510 e. The molecule has 0 saturated heterocycles. The number of aliphatic hydroxyl groups excluding tert-OH is 2. The standard InChI is InChI=1S/C27H33FN4O8/c1-4-5-6-30-10-16(33)31-15-9-14(28)12-7-11-8-13-20(32(2)3)23(36)19(26(29)39)25(38)27(13,40)24(37)17(11)22(35)18(12)21(15)34/h9,11,13,20,30,34,36-37,40H,4-8,10H2,1-3H3,(H2,29,39)(H,31,33)/t11-,13-,20-,27-/m0/s1. The van der Waals surface area contributed by atoms with E-state index in [0.29, 0.717) is 6.54 Å². The lowest BCUT2D eigenvalue weighted by molar-refractivity contribution is -0.148. The van der Waals surface area contributed by atoms with Crippen molar-refractivity contribution in [1.29, 1.82) is 0 Å². The maximum atomic E-state index is 15.3. The second-order valence-corrected chi connectivity index (χ2v) is 10.6. The molecule has 8 N–H and O–H groups in total. The molecule has 40 heavy (non-hydrogen) atoms. The average Bonchev–Trinajstić information content (AvgIpc) is 2.86. The number of ketones is 2. The van der Waals surface area contributed by atoms with Gasteiger partial charge in [0.25, 0.3) is 5.91 Å². The fraction of sp³-hybridized carbons (Fsp3) is 0.481. The lowest BCUT2D eigenvalue weighted by atomic mass is 9.58. The van der Waals surface area contributed by atoms with E-state index in [1.165, 1.54) is 19.0 Å². The molecule has 13 heteroatoms. The van der Waals surface area contributed by atoms with Crippen molar-refractivity contribution >= 4 is 29.1 Å². The number of benzene rings is 1. The predicted octanol–water partition coefficient (Wildman–Crippen LogP) is 0.588. The number of hydrogen-bond donors (Lipinski definition) is 7. The van der Waals surface area contributed by atoms with E-state index in [4.69, 9.17) is 5.73 Å². The van der Waals surface area contributed by atoms with E-state index >= 15 is 4.39 Å². The summed E-state index contributed by atoms with van der Waals surface area (Å²) in [5.74, 6) is -9.79. The Kier molecular flexibility index (Phi) is 7.76. The van der Waals surface area contributed by atoms with Gasteiger partial charge in [-0.2, -0.15) is 0 Å². The smallest absolute Gasteiger partial charge is 0.255 e. The number of Topliss-reactive ketones (excluding diaryl/α,β-unsaturated/α-hetero) is 2. The highest BCUT2D eigenvalue weighted by molar-refractivity contribution is 6.25. The third-order valence-electron chi connectivity index (χ3n) is 7.93. The van der Waals surface area contributed by atoms with Crippen LogP contribution >= 0.6 is 0 Å². The van der Waals surface area contributed by atoms with Gasteiger partial charge in [0.1, 0.15) is 22.9 Å². The predicted molar refractivity (Wildman–Crippen MR) is 140 cm³/mol. The van der Waals surface area contributed by atoms with Gasteiger partial charge in [0.15, 0.2) is 17.1 Å². The number of anilines is 1. The van der Waals surface area contributed by atoms with Gasteiger partial charge in [0, 0.05) is 23.1 Å². The molecule has 4 rings (SSSR count). The topological polar surface area (TPSA) is 203 Å². The second kappa shape index (κ2) is 10.6. The molecule has 1 aromatic carbocycles. The first-order chi connectivity index (χ1) is 18.8. The summed E-state index contributed by atoms with van der Waals surface area (Å²) in [6.07, 6.45) is 1.39. The first kappa shape index (κ1) is 29.2. The molecule has 0 bridgehead atoms. The van der Waals surface area contributed by atoms with Crippen LogP contribution in [-0.2, 0) is 20.8 Å². The summed E-state index contributed by atoms with van der Waals surface area (Å²) < 4.78 is 15.3. The summed E-state index contributed by atoms with van der Waals surface area (Å²) in [5.41, 5.74) is 0.147. The van der Waals surface area contributed by atoms with Crippen molar-refractivity contribution in [3.05, 3.63) is 45.7 Å². The number of nitrogens with one attached hydrogen (secondary N) is 2. The first-order valence-corrected chi connectivity index (χ1v) is 13.0.